The number of methoxy groups -OCH3 is 1. The van der Waals surface area contributed by atoms with Crippen LogP contribution >= 0.6 is 0 Å². The second-order valence-corrected chi connectivity index (χ2v) is 4.15. The van der Waals surface area contributed by atoms with Crippen molar-refractivity contribution in [3.05, 3.63) is 35.4 Å². The fourth-order valence-corrected chi connectivity index (χ4v) is 1.53. The summed E-state index contributed by atoms with van der Waals surface area (Å²) < 4.78 is 47.3. The molecule has 0 saturated heterocycles. The summed E-state index contributed by atoms with van der Waals surface area (Å²) in [5, 5.41) is 0. The van der Waals surface area contributed by atoms with E-state index < -0.39 is 17.8 Å². The predicted molar refractivity (Wildman–Crippen MR) is 65.7 cm³/mol. The molecule has 2 N–H and O–H groups in total. The molecule has 0 fully saturated rings. The molecule has 1 atom stereocenters. The Morgan fingerprint density at radius 3 is 2.32 bits per heavy atom. The van der Waals surface area contributed by atoms with E-state index in [1.165, 1.54) is 12.1 Å². The van der Waals surface area contributed by atoms with Crippen LogP contribution in [0.5, 0.6) is 0 Å². The molecular weight excluding hydrogens is 259 g/mol. The van der Waals surface area contributed by atoms with Crippen LogP contribution in [0.1, 0.15) is 23.6 Å². The smallest absolute Gasteiger partial charge is 0.385 e. The highest BCUT2D eigenvalue weighted by molar-refractivity contribution is 5.26. The van der Waals surface area contributed by atoms with Crippen molar-refractivity contribution >= 4 is 0 Å². The number of hydrogen-bond donors (Lipinski definition) is 1. The third-order valence-corrected chi connectivity index (χ3v) is 2.60. The van der Waals surface area contributed by atoms with Gasteiger partial charge in [0.1, 0.15) is 0 Å². The summed E-state index contributed by atoms with van der Waals surface area (Å²) in [4.78, 5) is 0. The van der Waals surface area contributed by atoms with Crippen molar-refractivity contribution in [1.29, 1.82) is 0 Å². The van der Waals surface area contributed by atoms with E-state index in [-0.39, 0.29) is 6.61 Å². The Morgan fingerprint density at radius 1 is 1.16 bits per heavy atom. The van der Waals surface area contributed by atoms with E-state index in [2.05, 4.69) is 0 Å². The summed E-state index contributed by atoms with van der Waals surface area (Å²) in [6.45, 7) is 1.40. The van der Waals surface area contributed by atoms with E-state index in [0.29, 0.717) is 18.8 Å². The van der Waals surface area contributed by atoms with Crippen LogP contribution in [-0.2, 0) is 15.7 Å². The van der Waals surface area contributed by atoms with Crippen LogP contribution < -0.4 is 5.73 Å². The van der Waals surface area contributed by atoms with E-state index in [0.717, 1.165) is 18.6 Å². The highest BCUT2D eigenvalue weighted by Gasteiger charge is 2.30. The van der Waals surface area contributed by atoms with Gasteiger partial charge >= 0.3 is 6.18 Å². The molecule has 0 amide bonds. The number of nitrogens with two attached hydrogens (primary N) is 1. The zero-order chi connectivity index (χ0) is 14.3. The molecule has 0 aliphatic rings. The minimum absolute atomic E-state index is 0.273. The molecule has 1 aromatic carbocycles. The van der Waals surface area contributed by atoms with Crippen LogP contribution in [0.2, 0.25) is 0 Å². The van der Waals surface area contributed by atoms with Crippen molar-refractivity contribution in [3.63, 3.8) is 0 Å². The normalized spacial score (nSPS) is 13.5. The Hall–Kier alpha value is -1.11. The Balaban J connectivity index is 2.42. The Labute approximate surface area is 110 Å². The highest BCUT2D eigenvalue weighted by Crippen LogP contribution is 2.29. The third kappa shape index (κ3) is 5.59. The Bertz CT molecular complexity index is 365. The summed E-state index contributed by atoms with van der Waals surface area (Å²) >= 11 is 0. The molecule has 0 bridgehead atoms. The summed E-state index contributed by atoms with van der Waals surface area (Å²) in [6.07, 6.45) is -3.56. The highest BCUT2D eigenvalue weighted by atomic mass is 19.4. The number of halogens is 3. The molecule has 3 nitrogen and oxygen atoms in total. The molecule has 0 radical (unpaired) electrons. The summed E-state index contributed by atoms with van der Waals surface area (Å²) in [6, 6.07) is 4.39. The minimum Gasteiger partial charge on any atom is -0.385 e. The van der Waals surface area contributed by atoms with Crippen molar-refractivity contribution < 1.29 is 22.6 Å². The predicted octanol–water partition coefficient (Wildman–Crippen LogP) is 2.76. The van der Waals surface area contributed by atoms with Crippen LogP contribution in [0.25, 0.3) is 0 Å². The first-order valence-electron chi connectivity index (χ1n) is 5.94. The van der Waals surface area contributed by atoms with E-state index in [1.807, 2.05) is 0 Å². The third-order valence-electron chi connectivity index (χ3n) is 2.60. The monoisotopic (exact) mass is 277 g/mol. The first-order valence-corrected chi connectivity index (χ1v) is 5.94. The molecule has 1 rings (SSSR count). The number of benzene rings is 1. The Morgan fingerprint density at radius 2 is 1.79 bits per heavy atom. The van der Waals surface area contributed by atoms with Crippen molar-refractivity contribution in [3.8, 4) is 0 Å². The quantitative estimate of drug-likeness (QED) is 0.779. The number of rotatable bonds is 7. The van der Waals surface area contributed by atoms with Crippen LogP contribution in [-0.4, -0.2) is 26.9 Å². The van der Waals surface area contributed by atoms with Gasteiger partial charge in [-0.2, -0.15) is 13.2 Å². The zero-order valence-corrected chi connectivity index (χ0v) is 10.7. The fourth-order valence-electron chi connectivity index (χ4n) is 1.53. The number of hydrogen-bond acceptors (Lipinski definition) is 3. The second-order valence-electron chi connectivity index (χ2n) is 4.15. The van der Waals surface area contributed by atoms with Crippen LogP contribution in [0.4, 0.5) is 13.2 Å². The van der Waals surface area contributed by atoms with Gasteiger partial charge in [-0.15, -0.1) is 0 Å². The molecule has 0 heterocycles. The van der Waals surface area contributed by atoms with E-state index >= 15 is 0 Å². The van der Waals surface area contributed by atoms with Crippen LogP contribution in [0.15, 0.2) is 24.3 Å². The van der Waals surface area contributed by atoms with Crippen molar-refractivity contribution in [2.45, 2.75) is 18.6 Å². The lowest BCUT2D eigenvalue weighted by molar-refractivity contribution is -0.137. The van der Waals surface area contributed by atoms with Gasteiger partial charge in [0.05, 0.1) is 18.2 Å². The molecular formula is C13H18F3NO2. The van der Waals surface area contributed by atoms with Crippen molar-refractivity contribution in [1.82, 2.24) is 0 Å². The first kappa shape index (κ1) is 15.9. The summed E-state index contributed by atoms with van der Waals surface area (Å²) in [5.74, 6) is 0. The fraction of sp³-hybridized carbons (Fsp3) is 0.538. The Kier molecular flexibility index (Phi) is 6.27. The van der Waals surface area contributed by atoms with Gasteiger partial charge in [-0.1, -0.05) is 12.1 Å². The topological polar surface area (TPSA) is 44.5 Å². The zero-order valence-electron chi connectivity index (χ0n) is 10.7. The standard InChI is InChI=1S/C13H18F3NO2/c1-18-7-2-8-19-9-12(17)10-3-5-11(6-4-10)13(14,15)16/h3-6,12H,2,7-9,17H2,1H3. The average molecular weight is 277 g/mol. The summed E-state index contributed by atoms with van der Waals surface area (Å²) in [7, 11) is 1.61. The van der Waals surface area contributed by atoms with E-state index in [1.54, 1.807) is 7.11 Å². The van der Waals surface area contributed by atoms with Gasteiger partial charge in [0, 0.05) is 20.3 Å². The molecule has 0 spiro atoms. The van der Waals surface area contributed by atoms with Gasteiger partial charge < -0.3 is 15.2 Å². The maximum Gasteiger partial charge on any atom is 0.416 e. The molecule has 0 aliphatic heterocycles. The molecule has 0 saturated carbocycles. The lowest BCUT2D eigenvalue weighted by Crippen LogP contribution is -2.18. The molecule has 6 heteroatoms. The van der Waals surface area contributed by atoms with E-state index in [4.69, 9.17) is 15.2 Å². The number of ether oxygens (including phenoxy) is 2. The van der Waals surface area contributed by atoms with Crippen molar-refractivity contribution in [2.24, 2.45) is 5.73 Å². The molecule has 0 aromatic heterocycles. The SMILES string of the molecule is COCCCOCC(N)c1ccc(C(F)(F)F)cc1. The van der Waals surface area contributed by atoms with Crippen molar-refractivity contribution in [2.75, 3.05) is 26.9 Å². The van der Waals surface area contributed by atoms with Gasteiger partial charge in [0.15, 0.2) is 0 Å². The van der Waals surface area contributed by atoms with Gasteiger partial charge in [0.2, 0.25) is 0 Å². The average Bonchev–Trinajstić information content (AvgIpc) is 2.37. The maximum atomic E-state index is 12.4. The maximum absolute atomic E-state index is 12.4. The van der Waals surface area contributed by atoms with Crippen LogP contribution in [0.3, 0.4) is 0 Å². The van der Waals surface area contributed by atoms with Crippen LogP contribution in [0, 0.1) is 0 Å². The molecule has 0 aliphatic carbocycles. The van der Waals surface area contributed by atoms with E-state index in [9.17, 15) is 13.2 Å². The van der Waals surface area contributed by atoms with Gasteiger partial charge in [0.25, 0.3) is 0 Å². The largest absolute Gasteiger partial charge is 0.416 e. The molecule has 108 valence electrons. The van der Waals surface area contributed by atoms with Gasteiger partial charge in [-0.05, 0) is 24.1 Å². The first-order chi connectivity index (χ1) is 8.95. The minimum atomic E-state index is -4.32. The molecule has 19 heavy (non-hydrogen) atoms. The molecule has 1 aromatic rings. The summed E-state index contributed by atoms with van der Waals surface area (Å²) in [5.41, 5.74) is 5.78. The lowest BCUT2D eigenvalue weighted by Gasteiger charge is -2.14. The van der Waals surface area contributed by atoms with Gasteiger partial charge in [-0.25, -0.2) is 0 Å². The number of alkyl halides is 3. The molecule has 1 unspecified atom stereocenters. The second kappa shape index (κ2) is 7.47. The van der Waals surface area contributed by atoms with Gasteiger partial charge in [-0.3, -0.25) is 0 Å². The lowest BCUT2D eigenvalue weighted by atomic mass is 10.1.